The number of rotatable bonds is 2. The van der Waals surface area contributed by atoms with Crippen LogP contribution in [0.5, 0.6) is 0 Å². The summed E-state index contributed by atoms with van der Waals surface area (Å²) in [5.74, 6) is -0.422. The van der Waals surface area contributed by atoms with E-state index in [1.165, 1.54) is 0 Å². The third kappa shape index (κ3) is 1.55. The number of carbonyl (C=O) groups is 1. The van der Waals surface area contributed by atoms with Crippen LogP contribution in [0.4, 0.5) is 0 Å². The summed E-state index contributed by atoms with van der Waals surface area (Å²) in [7, 11) is 0. The van der Waals surface area contributed by atoms with E-state index in [1.807, 2.05) is 41.0 Å². The van der Waals surface area contributed by atoms with Crippen LogP contribution in [0, 0.1) is 0 Å². The number of benzene rings is 1. The summed E-state index contributed by atoms with van der Waals surface area (Å²) in [5, 5.41) is 0.855. The molecule has 3 rings (SSSR count). The lowest BCUT2D eigenvalue weighted by atomic mass is 10.2. The molecule has 0 unspecified atom stereocenters. The van der Waals surface area contributed by atoms with Crippen molar-refractivity contribution in [2.45, 2.75) is 0 Å². The van der Waals surface area contributed by atoms with Crippen molar-refractivity contribution in [1.29, 1.82) is 0 Å². The first kappa shape index (κ1) is 10.5. The second-order valence-corrected chi connectivity index (χ2v) is 4.01. The van der Waals surface area contributed by atoms with E-state index in [9.17, 15) is 4.79 Å². The summed E-state index contributed by atoms with van der Waals surface area (Å²) in [4.78, 5) is 15.5. The number of pyridine rings is 1. The molecule has 0 saturated carbocycles. The second kappa shape index (κ2) is 4.00. The number of amides is 1. The van der Waals surface area contributed by atoms with E-state index in [1.54, 1.807) is 18.6 Å². The molecule has 0 bridgehead atoms. The quantitative estimate of drug-likeness (QED) is 0.742. The molecule has 2 heterocycles. The van der Waals surface area contributed by atoms with Crippen molar-refractivity contribution in [3.8, 4) is 5.69 Å². The molecule has 0 aliphatic heterocycles. The monoisotopic (exact) mass is 237 g/mol. The van der Waals surface area contributed by atoms with Crippen molar-refractivity contribution in [2.24, 2.45) is 5.73 Å². The van der Waals surface area contributed by atoms with Crippen LogP contribution in [0.1, 0.15) is 10.4 Å². The summed E-state index contributed by atoms with van der Waals surface area (Å²) >= 11 is 0. The van der Waals surface area contributed by atoms with Crippen LogP contribution in [0.3, 0.4) is 0 Å². The van der Waals surface area contributed by atoms with Crippen LogP contribution in [0.15, 0.2) is 55.0 Å². The van der Waals surface area contributed by atoms with Crippen LogP contribution in [-0.4, -0.2) is 15.5 Å². The van der Waals surface area contributed by atoms with E-state index in [0.29, 0.717) is 5.56 Å². The average Bonchev–Trinajstić information content (AvgIpc) is 2.79. The van der Waals surface area contributed by atoms with Gasteiger partial charge >= 0.3 is 0 Å². The highest BCUT2D eigenvalue weighted by Gasteiger charge is 2.12. The minimum Gasteiger partial charge on any atom is -0.366 e. The fraction of sp³-hybridized carbons (Fsp3) is 0. The van der Waals surface area contributed by atoms with Gasteiger partial charge in [-0.1, -0.05) is 18.2 Å². The topological polar surface area (TPSA) is 60.9 Å². The lowest BCUT2D eigenvalue weighted by Gasteiger charge is -2.03. The van der Waals surface area contributed by atoms with E-state index in [2.05, 4.69) is 4.98 Å². The molecule has 1 aromatic carbocycles. The lowest BCUT2D eigenvalue weighted by Crippen LogP contribution is -2.10. The van der Waals surface area contributed by atoms with Crippen molar-refractivity contribution >= 4 is 16.8 Å². The highest BCUT2D eigenvalue weighted by Crippen LogP contribution is 2.24. The molecule has 0 saturated heterocycles. The normalized spacial score (nSPS) is 10.7. The van der Waals surface area contributed by atoms with Gasteiger partial charge in [-0.3, -0.25) is 9.78 Å². The lowest BCUT2D eigenvalue weighted by molar-refractivity contribution is 0.100. The smallest absolute Gasteiger partial charge is 0.250 e. The number of primary amides is 1. The van der Waals surface area contributed by atoms with Crippen molar-refractivity contribution in [3.05, 3.63) is 60.6 Å². The Kier molecular flexibility index (Phi) is 2.34. The summed E-state index contributed by atoms with van der Waals surface area (Å²) in [6.45, 7) is 0. The Labute approximate surface area is 104 Å². The first-order valence-corrected chi connectivity index (χ1v) is 5.57. The van der Waals surface area contributed by atoms with Gasteiger partial charge in [0.05, 0.1) is 23.0 Å². The molecule has 88 valence electrons. The minimum absolute atomic E-state index is 0.422. The van der Waals surface area contributed by atoms with Gasteiger partial charge < -0.3 is 10.3 Å². The molecule has 4 heteroatoms. The van der Waals surface area contributed by atoms with Gasteiger partial charge in [0.1, 0.15) is 0 Å². The molecular formula is C14H11N3O. The first-order chi connectivity index (χ1) is 8.77. The van der Waals surface area contributed by atoms with Crippen molar-refractivity contribution in [3.63, 3.8) is 0 Å². The molecule has 0 aliphatic rings. The van der Waals surface area contributed by atoms with Crippen molar-refractivity contribution < 1.29 is 4.79 Å². The van der Waals surface area contributed by atoms with E-state index in [4.69, 9.17) is 5.73 Å². The summed E-state index contributed by atoms with van der Waals surface area (Å²) in [6.07, 6.45) is 5.21. The van der Waals surface area contributed by atoms with Crippen molar-refractivity contribution in [1.82, 2.24) is 9.55 Å². The van der Waals surface area contributed by atoms with E-state index >= 15 is 0 Å². The number of hydrogen-bond acceptors (Lipinski definition) is 2. The molecule has 0 fully saturated rings. The Morgan fingerprint density at radius 1 is 1.17 bits per heavy atom. The fourth-order valence-electron chi connectivity index (χ4n) is 2.09. The second-order valence-electron chi connectivity index (χ2n) is 4.01. The minimum atomic E-state index is -0.422. The highest BCUT2D eigenvalue weighted by atomic mass is 16.1. The van der Waals surface area contributed by atoms with Crippen LogP contribution in [0.2, 0.25) is 0 Å². The third-order valence-corrected chi connectivity index (χ3v) is 2.90. The maximum atomic E-state index is 11.5. The van der Waals surface area contributed by atoms with E-state index < -0.39 is 5.91 Å². The maximum Gasteiger partial charge on any atom is 0.250 e. The predicted molar refractivity (Wildman–Crippen MR) is 69.6 cm³/mol. The van der Waals surface area contributed by atoms with Crippen LogP contribution < -0.4 is 5.73 Å². The third-order valence-electron chi connectivity index (χ3n) is 2.90. The fourth-order valence-corrected chi connectivity index (χ4v) is 2.09. The molecule has 0 aliphatic carbocycles. The Bertz CT molecular complexity index is 716. The van der Waals surface area contributed by atoms with Gasteiger partial charge in [-0.2, -0.15) is 0 Å². The summed E-state index contributed by atoms with van der Waals surface area (Å²) in [5.41, 5.74) is 7.77. The van der Waals surface area contributed by atoms with Gasteiger partial charge in [-0.15, -0.1) is 0 Å². The maximum absolute atomic E-state index is 11.5. The van der Waals surface area contributed by atoms with Gasteiger partial charge in [0, 0.05) is 17.8 Å². The molecule has 0 radical (unpaired) electrons. The zero-order valence-electron chi connectivity index (χ0n) is 9.58. The van der Waals surface area contributed by atoms with Crippen LogP contribution >= 0.6 is 0 Å². The molecule has 2 aromatic heterocycles. The Balaban J connectivity index is 2.34. The molecule has 2 N–H and O–H groups in total. The number of para-hydroxylation sites is 1. The number of fused-ring (bicyclic) bond motifs is 1. The van der Waals surface area contributed by atoms with Gasteiger partial charge in [0.2, 0.25) is 0 Å². The number of nitrogens with two attached hydrogens (primary N) is 1. The molecule has 0 spiro atoms. The molecule has 18 heavy (non-hydrogen) atoms. The first-order valence-electron chi connectivity index (χ1n) is 5.57. The predicted octanol–water partition coefficient (Wildman–Crippen LogP) is 2.12. The van der Waals surface area contributed by atoms with Gasteiger partial charge in [-0.25, -0.2) is 0 Å². The standard InChI is InChI=1S/C14H11N3O/c15-14(18)12-9-17(10-4-3-7-16-8-10)13-6-2-1-5-11(12)13/h1-9H,(H2,15,18). The molecule has 4 nitrogen and oxygen atoms in total. The SMILES string of the molecule is NC(=O)c1cn(-c2cccnc2)c2ccccc12. The number of hydrogen-bond donors (Lipinski definition) is 1. The summed E-state index contributed by atoms with van der Waals surface area (Å²) in [6, 6.07) is 11.5. The van der Waals surface area contributed by atoms with Crippen LogP contribution in [0.25, 0.3) is 16.6 Å². The van der Waals surface area contributed by atoms with E-state index in [0.717, 1.165) is 16.6 Å². The van der Waals surface area contributed by atoms with Crippen molar-refractivity contribution in [2.75, 3.05) is 0 Å². The zero-order chi connectivity index (χ0) is 12.5. The Morgan fingerprint density at radius 2 is 2.00 bits per heavy atom. The van der Waals surface area contributed by atoms with Gasteiger partial charge in [-0.05, 0) is 18.2 Å². The van der Waals surface area contributed by atoms with Gasteiger partial charge in [0.25, 0.3) is 5.91 Å². The Hall–Kier alpha value is -2.62. The summed E-state index contributed by atoms with van der Waals surface area (Å²) < 4.78 is 1.92. The largest absolute Gasteiger partial charge is 0.366 e. The molecule has 3 aromatic rings. The van der Waals surface area contributed by atoms with Gasteiger partial charge in [0.15, 0.2) is 0 Å². The van der Waals surface area contributed by atoms with E-state index in [-0.39, 0.29) is 0 Å². The zero-order valence-corrected chi connectivity index (χ0v) is 9.58. The Morgan fingerprint density at radius 3 is 2.72 bits per heavy atom. The number of carbonyl (C=O) groups excluding carboxylic acids is 1. The molecular weight excluding hydrogens is 226 g/mol. The number of aromatic nitrogens is 2. The number of nitrogens with zero attached hydrogens (tertiary/aromatic N) is 2. The average molecular weight is 237 g/mol. The molecule has 0 atom stereocenters. The van der Waals surface area contributed by atoms with Crippen LogP contribution in [-0.2, 0) is 0 Å². The highest BCUT2D eigenvalue weighted by molar-refractivity contribution is 6.06. The molecule has 1 amide bonds.